The number of fused-ring (bicyclic) bond motifs is 1. The number of aromatic nitrogens is 2. The summed E-state index contributed by atoms with van der Waals surface area (Å²) in [6, 6.07) is 6.97. The van der Waals surface area contributed by atoms with Crippen LogP contribution in [0.2, 0.25) is 0 Å². The number of imidazole rings is 1. The minimum Gasteiger partial charge on any atom is -0.374 e. The molecule has 5 nitrogen and oxygen atoms in total. The van der Waals surface area contributed by atoms with Gasteiger partial charge in [-0.1, -0.05) is 6.07 Å². The van der Waals surface area contributed by atoms with Crippen LogP contribution in [0, 0.1) is 0 Å². The van der Waals surface area contributed by atoms with Crippen LogP contribution in [0.15, 0.2) is 30.6 Å². The number of rotatable bonds is 3. The molecule has 2 fully saturated rings. The first kappa shape index (κ1) is 12.3. The summed E-state index contributed by atoms with van der Waals surface area (Å²) in [5, 5.41) is 0. The highest BCUT2D eigenvalue weighted by molar-refractivity contribution is 5.40. The van der Waals surface area contributed by atoms with Gasteiger partial charge in [-0.3, -0.25) is 4.90 Å². The second kappa shape index (κ2) is 4.84. The summed E-state index contributed by atoms with van der Waals surface area (Å²) < 4.78 is 7.95. The molecule has 2 N–H and O–H groups in total. The van der Waals surface area contributed by atoms with Crippen molar-refractivity contribution in [3.05, 3.63) is 36.3 Å². The van der Waals surface area contributed by atoms with E-state index in [0.717, 1.165) is 24.5 Å². The highest BCUT2D eigenvalue weighted by Gasteiger charge is 2.41. The van der Waals surface area contributed by atoms with Crippen molar-refractivity contribution in [3.8, 4) is 0 Å². The monoisotopic (exact) mass is 272 g/mol. The van der Waals surface area contributed by atoms with Gasteiger partial charge in [-0.25, -0.2) is 4.98 Å². The molecule has 106 valence electrons. The highest BCUT2D eigenvalue weighted by Crippen LogP contribution is 2.38. The Morgan fingerprint density at radius 2 is 2.25 bits per heavy atom. The second-order valence-corrected chi connectivity index (χ2v) is 5.69. The fraction of sp³-hybridized carbons (Fsp3) is 0.533. The first-order valence-corrected chi connectivity index (χ1v) is 7.38. The minimum atomic E-state index is 0.0502. The minimum absolute atomic E-state index is 0.0502. The normalized spacial score (nSPS) is 28.1. The lowest BCUT2D eigenvalue weighted by Crippen LogP contribution is -2.49. The molecule has 2 atom stereocenters. The molecule has 0 amide bonds. The van der Waals surface area contributed by atoms with E-state index >= 15 is 0 Å². The van der Waals surface area contributed by atoms with Gasteiger partial charge in [0.05, 0.1) is 24.4 Å². The summed E-state index contributed by atoms with van der Waals surface area (Å²) in [4.78, 5) is 7.33. The van der Waals surface area contributed by atoms with Crippen LogP contribution in [0.5, 0.6) is 0 Å². The topological polar surface area (TPSA) is 55.8 Å². The van der Waals surface area contributed by atoms with Crippen LogP contribution in [0.4, 0.5) is 0 Å². The van der Waals surface area contributed by atoms with Crippen molar-refractivity contribution in [2.24, 2.45) is 5.73 Å². The summed E-state index contributed by atoms with van der Waals surface area (Å²) in [7, 11) is 0. The lowest BCUT2D eigenvalue weighted by molar-refractivity contribution is -0.0724. The average molecular weight is 272 g/mol. The lowest BCUT2D eigenvalue weighted by Gasteiger charge is -2.40. The van der Waals surface area contributed by atoms with E-state index in [1.807, 2.05) is 24.4 Å². The molecular weight excluding hydrogens is 252 g/mol. The van der Waals surface area contributed by atoms with Crippen LogP contribution >= 0.6 is 0 Å². The molecule has 1 saturated carbocycles. The van der Waals surface area contributed by atoms with Gasteiger partial charge in [0, 0.05) is 31.5 Å². The molecule has 3 heterocycles. The van der Waals surface area contributed by atoms with Gasteiger partial charge in [0.15, 0.2) is 0 Å². The van der Waals surface area contributed by atoms with Crippen molar-refractivity contribution in [1.29, 1.82) is 0 Å². The number of nitrogens with two attached hydrogens (primary N) is 1. The standard InChI is InChI=1S/C15H20N4O/c16-9-13-15(19(7-8-20-13)11-4-5-11)12-10-18-6-2-1-3-14(18)17-12/h1-3,6,10-11,13,15H,4-5,7-9,16H2. The van der Waals surface area contributed by atoms with Gasteiger partial charge in [0.25, 0.3) is 0 Å². The Bertz CT molecular complexity index is 574. The third-order valence-corrected chi connectivity index (χ3v) is 4.32. The molecule has 2 aliphatic rings. The van der Waals surface area contributed by atoms with Gasteiger partial charge in [0.1, 0.15) is 5.65 Å². The van der Waals surface area contributed by atoms with Crippen molar-refractivity contribution in [3.63, 3.8) is 0 Å². The molecule has 1 saturated heterocycles. The van der Waals surface area contributed by atoms with Crippen molar-refractivity contribution in [2.75, 3.05) is 19.7 Å². The van der Waals surface area contributed by atoms with E-state index in [-0.39, 0.29) is 12.1 Å². The first-order chi connectivity index (χ1) is 9.86. The molecule has 1 aliphatic heterocycles. The predicted octanol–water partition coefficient (Wildman–Crippen LogP) is 1.20. The van der Waals surface area contributed by atoms with Gasteiger partial charge < -0.3 is 14.9 Å². The largest absolute Gasteiger partial charge is 0.374 e. The maximum absolute atomic E-state index is 5.92. The van der Waals surface area contributed by atoms with E-state index in [1.54, 1.807) is 0 Å². The number of hydrogen-bond donors (Lipinski definition) is 1. The van der Waals surface area contributed by atoms with Crippen LogP contribution < -0.4 is 5.73 Å². The van der Waals surface area contributed by atoms with Crippen LogP contribution in [0.25, 0.3) is 5.65 Å². The SMILES string of the molecule is NCC1OCCN(C2CC2)C1c1cn2ccccc2n1. The van der Waals surface area contributed by atoms with Gasteiger partial charge in [-0.2, -0.15) is 0 Å². The second-order valence-electron chi connectivity index (χ2n) is 5.69. The van der Waals surface area contributed by atoms with E-state index in [2.05, 4.69) is 15.5 Å². The van der Waals surface area contributed by atoms with Gasteiger partial charge in [-0.05, 0) is 25.0 Å². The molecule has 0 radical (unpaired) electrons. The maximum atomic E-state index is 5.92. The Morgan fingerprint density at radius 1 is 1.35 bits per heavy atom. The summed E-state index contributed by atoms with van der Waals surface area (Å²) in [6.07, 6.45) is 6.79. The lowest BCUT2D eigenvalue weighted by atomic mass is 10.0. The Hall–Kier alpha value is -1.43. The summed E-state index contributed by atoms with van der Waals surface area (Å²) in [5.74, 6) is 0. The molecule has 0 aromatic carbocycles. The average Bonchev–Trinajstić information content (AvgIpc) is 3.25. The number of morpholine rings is 1. The van der Waals surface area contributed by atoms with Crippen molar-refractivity contribution < 1.29 is 4.74 Å². The summed E-state index contributed by atoms with van der Waals surface area (Å²) in [6.45, 7) is 2.31. The molecule has 2 aromatic heterocycles. The van der Waals surface area contributed by atoms with Crippen LogP contribution in [0.1, 0.15) is 24.6 Å². The van der Waals surface area contributed by atoms with Gasteiger partial charge in [0.2, 0.25) is 0 Å². The fourth-order valence-electron chi connectivity index (χ4n) is 3.22. The van der Waals surface area contributed by atoms with E-state index in [1.165, 1.54) is 12.8 Å². The van der Waals surface area contributed by atoms with Crippen LogP contribution in [-0.4, -0.2) is 46.1 Å². The third-order valence-electron chi connectivity index (χ3n) is 4.32. The Kier molecular flexibility index (Phi) is 2.98. The van der Waals surface area contributed by atoms with Crippen molar-refractivity contribution in [2.45, 2.75) is 31.0 Å². The molecule has 0 spiro atoms. The number of pyridine rings is 1. The van der Waals surface area contributed by atoms with Crippen LogP contribution in [0.3, 0.4) is 0 Å². The number of ether oxygens (including phenoxy) is 1. The third kappa shape index (κ3) is 2.02. The van der Waals surface area contributed by atoms with Gasteiger partial charge >= 0.3 is 0 Å². The Morgan fingerprint density at radius 3 is 3.00 bits per heavy atom. The first-order valence-electron chi connectivity index (χ1n) is 7.38. The van der Waals surface area contributed by atoms with Crippen molar-refractivity contribution >= 4 is 5.65 Å². The highest BCUT2D eigenvalue weighted by atomic mass is 16.5. The quantitative estimate of drug-likeness (QED) is 0.912. The number of nitrogens with zero attached hydrogens (tertiary/aromatic N) is 3. The molecular formula is C15H20N4O. The molecule has 0 bridgehead atoms. The molecule has 2 unspecified atom stereocenters. The molecule has 1 aliphatic carbocycles. The predicted molar refractivity (Wildman–Crippen MR) is 76.5 cm³/mol. The summed E-state index contributed by atoms with van der Waals surface area (Å²) >= 11 is 0. The van der Waals surface area contributed by atoms with E-state index < -0.39 is 0 Å². The Balaban J connectivity index is 1.74. The van der Waals surface area contributed by atoms with E-state index in [0.29, 0.717) is 12.6 Å². The molecule has 4 rings (SSSR count). The molecule has 2 aromatic rings. The zero-order valence-corrected chi connectivity index (χ0v) is 11.5. The molecule has 20 heavy (non-hydrogen) atoms. The maximum Gasteiger partial charge on any atom is 0.137 e. The van der Waals surface area contributed by atoms with Crippen LogP contribution in [-0.2, 0) is 4.74 Å². The zero-order valence-electron chi connectivity index (χ0n) is 11.5. The van der Waals surface area contributed by atoms with E-state index in [9.17, 15) is 0 Å². The Labute approximate surface area is 118 Å². The molecule has 5 heteroatoms. The zero-order chi connectivity index (χ0) is 13.5. The smallest absolute Gasteiger partial charge is 0.137 e. The summed E-state index contributed by atoms with van der Waals surface area (Å²) in [5.41, 5.74) is 7.99. The number of hydrogen-bond acceptors (Lipinski definition) is 4. The van der Waals surface area contributed by atoms with E-state index in [4.69, 9.17) is 15.5 Å². The van der Waals surface area contributed by atoms with Gasteiger partial charge in [-0.15, -0.1) is 0 Å². The van der Waals surface area contributed by atoms with Crippen molar-refractivity contribution in [1.82, 2.24) is 14.3 Å². The fourth-order valence-corrected chi connectivity index (χ4v) is 3.22.